The Morgan fingerprint density at radius 3 is 2.80 bits per heavy atom. The van der Waals surface area contributed by atoms with Crippen LogP contribution in [0, 0.1) is 12.7 Å². The fourth-order valence-electron chi connectivity index (χ4n) is 0.644. The van der Waals surface area contributed by atoms with Crippen molar-refractivity contribution in [2.45, 2.75) is 6.92 Å². The van der Waals surface area contributed by atoms with Crippen LogP contribution in [0.3, 0.4) is 0 Å². The maximum atomic E-state index is 12.6. The van der Waals surface area contributed by atoms with Crippen molar-refractivity contribution < 1.29 is 4.39 Å². The normalized spacial score (nSPS) is 9.90. The molecule has 0 saturated heterocycles. The van der Waals surface area contributed by atoms with Crippen molar-refractivity contribution in [1.29, 1.82) is 0 Å². The molecule has 0 aliphatic heterocycles. The van der Waals surface area contributed by atoms with Crippen molar-refractivity contribution in [2.24, 2.45) is 0 Å². The summed E-state index contributed by atoms with van der Waals surface area (Å²) in [5.41, 5.74) is 5.88. The SMILES string of the molecule is Cc1cc(N)c(F)c(Cl)n1. The number of rotatable bonds is 0. The van der Waals surface area contributed by atoms with E-state index in [0.29, 0.717) is 5.69 Å². The molecule has 1 aromatic heterocycles. The third-order valence-corrected chi connectivity index (χ3v) is 1.32. The quantitative estimate of drug-likeness (QED) is 0.588. The van der Waals surface area contributed by atoms with E-state index in [4.69, 9.17) is 17.3 Å². The molecule has 1 heterocycles. The lowest BCUT2D eigenvalue weighted by Gasteiger charge is -1.98. The van der Waals surface area contributed by atoms with E-state index >= 15 is 0 Å². The largest absolute Gasteiger partial charge is 0.396 e. The maximum Gasteiger partial charge on any atom is 0.183 e. The number of hydrogen-bond acceptors (Lipinski definition) is 2. The molecule has 54 valence electrons. The van der Waals surface area contributed by atoms with Crippen molar-refractivity contribution in [3.8, 4) is 0 Å². The van der Waals surface area contributed by atoms with Gasteiger partial charge in [0.15, 0.2) is 11.0 Å². The number of halogens is 2. The third-order valence-electron chi connectivity index (χ3n) is 1.07. The first-order chi connectivity index (χ1) is 4.61. The molecule has 0 aliphatic rings. The van der Waals surface area contributed by atoms with Gasteiger partial charge in [0.1, 0.15) is 0 Å². The van der Waals surface area contributed by atoms with Gasteiger partial charge in [-0.3, -0.25) is 0 Å². The van der Waals surface area contributed by atoms with Gasteiger partial charge in [0, 0.05) is 5.69 Å². The first-order valence-corrected chi connectivity index (χ1v) is 3.07. The number of nitrogens with zero attached hydrogens (tertiary/aromatic N) is 1. The maximum absolute atomic E-state index is 12.6. The minimum absolute atomic E-state index is 0.0394. The molecule has 0 unspecified atom stereocenters. The molecule has 10 heavy (non-hydrogen) atoms. The van der Waals surface area contributed by atoms with Gasteiger partial charge in [0.2, 0.25) is 0 Å². The van der Waals surface area contributed by atoms with Crippen LogP contribution in [0.1, 0.15) is 5.69 Å². The number of pyridine rings is 1. The van der Waals surface area contributed by atoms with Gasteiger partial charge in [0.25, 0.3) is 0 Å². The summed E-state index contributed by atoms with van der Waals surface area (Å²) < 4.78 is 12.6. The fraction of sp³-hybridized carbons (Fsp3) is 0.167. The summed E-state index contributed by atoms with van der Waals surface area (Å²) in [5, 5.41) is -0.169. The predicted molar refractivity (Wildman–Crippen MR) is 38.4 cm³/mol. The van der Waals surface area contributed by atoms with Crippen molar-refractivity contribution >= 4 is 17.3 Å². The molecule has 4 heteroatoms. The fourth-order valence-corrected chi connectivity index (χ4v) is 0.886. The smallest absolute Gasteiger partial charge is 0.183 e. The van der Waals surface area contributed by atoms with Gasteiger partial charge in [-0.2, -0.15) is 0 Å². The standard InChI is InChI=1S/C6H6ClFN2/c1-3-2-4(9)5(8)6(7)10-3/h2H,1H3,(H2,9,10). The average Bonchev–Trinajstić information content (AvgIpc) is 1.82. The van der Waals surface area contributed by atoms with E-state index < -0.39 is 5.82 Å². The molecule has 0 bridgehead atoms. The number of anilines is 1. The molecule has 1 aromatic rings. The summed E-state index contributed by atoms with van der Waals surface area (Å²) in [4.78, 5) is 3.64. The number of aromatic nitrogens is 1. The Hall–Kier alpha value is -0.830. The van der Waals surface area contributed by atoms with Crippen LogP contribution in [0.5, 0.6) is 0 Å². The molecule has 0 saturated carbocycles. The molecule has 0 amide bonds. The Kier molecular flexibility index (Phi) is 1.76. The molecule has 0 radical (unpaired) electrons. The Balaban J connectivity index is 3.31. The summed E-state index contributed by atoms with van der Waals surface area (Å²) in [6, 6.07) is 1.43. The van der Waals surface area contributed by atoms with Gasteiger partial charge in [0.05, 0.1) is 5.69 Å². The Bertz CT molecular complexity index is 239. The number of nitrogens with two attached hydrogens (primary N) is 1. The highest BCUT2D eigenvalue weighted by molar-refractivity contribution is 6.29. The van der Waals surface area contributed by atoms with Crippen LogP contribution in [0.25, 0.3) is 0 Å². The molecule has 0 atom stereocenters. The zero-order chi connectivity index (χ0) is 7.72. The Labute approximate surface area is 62.8 Å². The van der Waals surface area contributed by atoms with E-state index in [1.807, 2.05) is 0 Å². The van der Waals surface area contributed by atoms with E-state index in [1.165, 1.54) is 6.07 Å². The summed E-state index contributed by atoms with van der Waals surface area (Å²) in [5.74, 6) is -0.646. The molecule has 0 spiro atoms. The lowest BCUT2D eigenvalue weighted by atomic mass is 10.3. The van der Waals surface area contributed by atoms with E-state index in [-0.39, 0.29) is 10.8 Å². The van der Waals surface area contributed by atoms with Gasteiger partial charge in [-0.05, 0) is 13.0 Å². The Morgan fingerprint density at radius 2 is 2.30 bits per heavy atom. The second kappa shape index (κ2) is 2.42. The number of aryl methyl sites for hydroxylation is 1. The molecule has 1 rings (SSSR count). The second-order valence-electron chi connectivity index (χ2n) is 1.96. The van der Waals surface area contributed by atoms with Crippen molar-refractivity contribution in [1.82, 2.24) is 4.98 Å². The summed E-state index contributed by atoms with van der Waals surface area (Å²) in [6.07, 6.45) is 0. The van der Waals surface area contributed by atoms with Crippen LogP contribution < -0.4 is 5.73 Å². The molecular weight excluding hydrogens is 155 g/mol. The van der Waals surface area contributed by atoms with E-state index in [0.717, 1.165) is 0 Å². The molecule has 0 fully saturated rings. The van der Waals surface area contributed by atoms with E-state index in [9.17, 15) is 4.39 Å². The van der Waals surface area contributed by atoms with Crippen LogP contribution >= 0.6 is 11.6 Å². The average molecular weight is 161 g/mol. The molecule has 0 aromatic carbocycles. The zero-order valence-electron chi connectivity index (χ0n) is 5.36. The van der Waals surface area contributed by atoms with Gasteiger partial charge >= 0.3 is 0 Å². The molecular formula is C6H6ClFN2. The number of hydrogen-bond donors (Lipinski definition) is 1. The number of nitrogen functional groups attached to an aromatic ring is 1. The van der Waals surface area contributed by atoms with Crippen LogP contribution in [-0.4, -0.2) is 4.98 Å². The van der Waals surface area contributed by atoms with Gasteiger partial charge in [-0.1, -0.05) is 11.6 Å². The molecule has 2 nitrogen and oxygen atoms in total. The summed E-state index contributed by atoms with van der Waals surface area (Å²) in [7, 11) is 0. The van der Waals surface area contributed by atoms with Crippen LogP contribution in [0.4, 0.5) is 10.1 Å². The lowest BCUT2D eigenvalue weighted by molar-refractivity contribution is 0.625. The highest BCUT2D eigenvalue weighted by Gasteiger charge is 2.04. The Morgan fingerprint density at radius 1 is 1.70 bits per heavy atom. The minimum atomic E-state index is -0.646. The third kappa shape index (κ3) is 1.19. The zero-order valence-corrected chi connectivity index (χ0v) is 6.11. The highest BCUT2D eigenvalue weighted by atomic mass is 35.5. The first-order valence-electron chi connectivity index (χ1n) is 2.69. The van der Waals surface area contributed by atoms with Crippen molar-refractivity contribution in [2.75, 3.05) is 5.73 Å². The van der Waals surface area contributed by atoms with E-state index in [2.05, 4.69) is 4.98 Å². The van der Waals surface area contributed by atoms with Crippen LogP contribution in [-0.2, 0) is 0 Å². The predicted octanol–water partition coefficient (Wildman–Crippen LogP) is 1.76. The van der Waals surface area contributed by atoms with Gasteiger partial charge in [-0.15, -0.1) is 0 Å². The van der Waals surface area contributed by atoms with Crippen molar-refractivity contribution in [3.63, 3.8) is 0 Å². The van der Waals surface area contributed by atoms with Gasteiger partial charge < -0.3 is 5.73 Å². The van der Waals surface area contributed by atoms with E-state index in [1.54, 1.807) is 6.92 Å². The minimum Gasteiger partial charge on any atom is -0.396 e. The van der Waals surface area contributed by atoms with Crippen LogP contribution in [0.15, 0.2) is 6.07 Å². The molecule has 2 N–H and O–H groups in total. The second-order valence-corrected chi connectivity index (χ2v) is 2.32. The highest BCUT2D eigenvalue weighted by Crippen LogP contribution is 2.18. The van der Waals surface area contributed by atoms with Crippen LogP contribution in [0.2, 0.25) is 5.15 Å². The summed E-state index contributed by atoms with van der Waals surface area (Å²) >= 11 is 5.35. The summed E-state index contributed by atoms with van der Waals surface area (Å²) in [6.45, 7) is 1.70. The van der Waals surface area contributed by atoms with Crippen molar-refractivity contribution in [3.05, 3.63) is 22.7 Å². The monoisotopic (exact) mass is 160 g/mol. The molecule has 0 aliphatic carbocycles. The lowest BCUT2D eigenvalue weighted by Crippen LogP contribution is -1.95. The van der Waals surface area contributed by atoms with Gasteiger partial charge in [-0.25, -0.2) is 9.37 Å². The topological polar surface area (TPSA) is 38.9 Å². The first kappa shape index (κ1) is 7.28.